The molecule has 0 saturated heterocycles. The van der Waals surface area contributed by atoms with Gasteiger partial charge in [0.05, 0.1) is 11.5 Å². The van der Waals surface area contributed by atoms with Crippen LogP contribution in [0.4, 0.5) is 0 Å². The summed E-state index contributed by atoms with van der Waals surface area (Å²) in [7, 11) is 0. The van der Waals surface area contributed by atoms with Crippen molar-refractivity contribution in [3.05, 3.63) is 12.7 Å². The first-order valence-corrected chi connectivity index (χ1v) is 10.3. The number of ketones is 1. The first-order chi connectivity index (χ1) is 13.4. The largest absolute Gasteiger partial charge is 0.460 e. The molecule has 2 fully saturated rings. The molecule has 0 aliphatic heterocycles. The van der Waals surface area contributed by atoms with E-state index < -0.39 is 52.9 Å². The van der Waals surface area contributed by atoms with Gasteiger partial charge in [0, 0.05) is 17.3 Å². The molecule has 2 aliphatic carbocycles. The van der Waals surface area contributed by atoms with Crippen LogP contribution >= 0.6 is 0 Å². The molecule has 2 saturated carbocycles. The fraction of sp³-hybridized carbons (Fsp3) is 0.773. The second-order valence-corrected chi connectivity index (χ2v) is 9.46. The van der Waals surface area contributed by atoms with Gasteiger partial charge in [-0.05, 0) is 44.4 Å². The number of aliphatic hydroxyl groups is 2. The number of carbonyl (C=O) groups excluding carboxylic acids is 3. The number of hydrogen-bond acceptors (Lipinski definition) is 6. The van der Waals surface area contributed by atoms with Gasteiger partial charge in [-0.1, -0.05) is 26.8 Å². The molecule has 7 atom stereocenters. The van der Waals surface area contributed by atoms with Crippen LogP contribution in [0.15, 0.2) is 12.7 Å². The summed E-state index contributed by atoms with van der Waals surface area (Å²) in [6.45, 7) is 10.6. The van der Waals surface area contributed by atoms with Crippen molar-refractivity contribution in [3.63, 3.8) is 0 Å². The minimum Gasteiger partial charge on any atom is -0.460 e. The molecule has 29 heavy (non-hydrogen) atoms. The van der Waals surface area contributed by atoms with Crippen LogP contribution in [0.2, 0.25) is 0 Å². The number of hydrogen-bond donors (Lipinski definition) is 3. The Kier molecular flexibility index (Phi) is 6.65. The lowest BCUT2D eigenvalue weighted by molar-refractivity contribution is -0.193. The minimum atomic E-state index is -1.01. The topological polar surface area (TPSA) is 127 Å². The maximum Gasteiger partial charge on any atom is 0.332 e. The Morgan fingerprint density at radius 2 is 1.97 bits per heavy atom. The van der Waals surface area contributed by atoms with E-state index in [9.17, 15) is 24.6 Å². The molecule has 0 spiro atoms. The van der Waals surface area contributed by atoms with Crippen LogP contribution in [-0.2, 0) is 19.1 Å². The Bertz CT molecular complexity index is 693. The van der Waals surface area contributed by atoms with Crippen molar-refractivity contribution in [3.8, 4) is 0 Å². The zero-order valence-electron chi connectivity index (χ0n) is 17.9. The first kappa shape index (κ1) is 23.5. The summed E-state index contributed by atoms with van der Waals surface area (Å²) in [6.07, 6.45) is 1.61. The predicted octanol–water partition coefficient (Wildman–Crippen LogP) is 1.74. The van der Waals surface area contributed by atoms with Gasteiger partial charge in [0.2, 0.25) is 5.91 Å². The lowest BCUT2D eigenvalue weighted by Crippen LogP contribution is -2.64. The van der Waals surface area contributed by atoms with Gasteiger partial charge in [-0.2, -0.15) is 0 Å². The predicted molar refractivity (Wildman–Crippen MR) is 107 cm³/mol. The number of rotatable bonds is 6. The third-order valence-corrected chi connectivity index (χ3v) is 7.99. The highest BCUT2D eigenvalue weighted by Gasteiger charge is 2.64. The van der Waals surface area contributed by atoms with E-state index in [2.05, 4.69) is 6.58 Å². The van der Waals surface area contributed by atoms with Gasteiger partial charge in [0.1, 0.15) is 18.5 Å². The van der Waals surface area contributed by atoms with E-state index in [1.165, 1.54) is 0 Å². The smallest absolute Gasteiger partial charge is 0.332 e. The number of amides is 1. The fourth-order valence-electron chi connectivity index (χ4n) is 5.53. The van der Waals surface area contributed by atoms with E-state index in [0.717, 1.165) is 0 Å². The standard InChI is InChI=1S/C22H35NO6/c1-6-20(4)11-15(29-17(26)12-24)21(5)13(2)7-9-22(19(21)28,10-8-16(23)25)14(3)18(20)27/h6,13-15,18,24,27H,1,7-12H2,2-5H3,(H2,23,25)/t13?,14-,15+,18-,20+,21-,22-/m0/s1. The van der Waals surface area contributed by atoms with Crippen LogP contribution in [0.5, 0.6) is 0 Å². The molecule has 2 rings (SSSR count). The molecule has 1 unspecified atom stereocenters. The molecule has 7 heteroatoms. The van der Waals surface area contributed by atoms with Crippen molar-refractivity contribution in [1.29, 1.82) is 0 Å². The molecular formula is C22H35NO6. The minimum absolute atomic E-state index is 0.0408. The normalized spacial score (nSPS) is 42.5. The molecule has 0 radical (unpaired) electrons. The molecule has 7 nitrogen and oxygen atoms in total. The van der Waals surface area contributed by atoms with E-state index in [1.54, 1.807) is 13.0 Å². The van der Waals surface area contributed by atoms with E-state index in [4.69, 9.17) is 10.5 Å². The number of Topliss-reactive ketones (excluding diaryl/α,β-unsaturated/α-hetero) is 1. The van der Waals surface area contributed by atoms with Crippen LogP contribution < -0.4 is 5.73 Å². The Balaban J connectivity index is 2.68. The molecule has 0 aromatic rings. The Morgan fingerprint density at radius 1 is 1.34 bits per heavy atom. The van der Waals surface area contributed by atoms with E-state index >= 15 is 0 Å². The van der Waals surface area contributed by atoms with Crippen LogP contribution in [0.1, 0.15) is 59.8 Å². The second kappa shape index (κ2) is 8.19. The van der Waals surface area contributed by atoms with Gasteiger partial charge in [-0.25, -0.2) is 4.79 Å². The number of esters is 1. The Hall–Kier alpha value is -1.73. The van der Waals surface area contributed by atoms with E-state index in [-0.39, 0.29) is 31.0 Å². The number of carbonyl (C=O) groups is 3. The summed E-state index contributed by atoms with van der Waals surface area (Å²) in [5, 5.41) is 20.5. The van der Waals surface area contributed by atoms with E-state index in [0.29, 0.717) is 12.8 Å². The SMILES string of the molecule is C=C[C@]1(C)C[C@@H](OC(=O)CO)[C@@]2(C)C(=O)[C@](CCC(N)=O)(CCC2C)[C@@H](C)[C@@H]1O. The first-order valence-electron chi connectivity index (χ1n) is 10.3. The molecule has 4 N–H and O–H groups in total. The van der Waals surface area contributed by atoms with E-state index in [1.807, 2.05) is 20.8 Å². The van der Waals surface area contributed by atoms with Crippen LogP contribution in [0.3, 0.4) is 0 Å². The average Bonchev–Trinajstić information content (AvgIpc) is 2.69. The number of fused-ring (bicyclic) bond motifs is 2. The second-order valence-electron chi connectivity index (χ2n) is 9.46. The zero-order valence-corrected chi connectivity index (χ0v) is 17.9. The Labute approximate surface area is 172 Å². The van der Waals surface area contributed by atoms with Crippen LogP contribution in [-0.4, -0.2) is 46.7 Å². The summed E-state index contributed by atoms with van der Waals surface area (Å²) in [4.78, 5) is 37.6. The maximum atomic E-state index is 14.0. The Morgan fingerprint density at radius 3 is 2.48 bits per heavy atom. The highest BCUT2D eigenvalue weighted by Crippen LogP contribution is 2.59. The number of aliphatic hydroxyl groups excluding tert-OH is 2. The lowest BCUT2D eigenvalue weighted by Gasteiger charge is -2.58. The van der Waals surface area contributed by atoms with Crippen molar-refractivity contribution in [2.24, 2.45) is 33.8 Å². The average molecular weight is 410 g/mol. The highest BCUT2D eigenvalue weighted by atomic mass is 16.6. The van der Waals surface area contributed by atoms with Gasteiger partial charge >= 0.3 is 5.97 Å². The quantitative estimate of drug-likeness (QED) is 0.453. The summed E-state index contributed by atoms with van der Waals surface area (Å²) in [6, 6.07) is 0. The molecule has 2 bridgehead atoms. The molecule has 0 aromatic carbocycles. The number of nitrogens with two attached hydrogens (primary N) is 1. The van der Waals surface area contributed by atoms with Crippen molar-refractivity contribution in [2.45, 2.75) is 72.0 Å². The van der Waals surface area contributed by atoms with Crippen LogP contribution in [0.25, 0.3) is 0 Å². The lowest BCUT2D eigenvalue weighted by atomic mass is 9.46. The zero-order chi connectivity index (χ0) is 22.2. The molecule has 0 heterocycles. The van der Waals surface area contributed by atoms with Gasteiger partial charge in [-0.3, -0.25) is 9.59 Å². The van der Waals surface area contributed by atoms with Crippen molar-refractivity contribution in [2.75, 3.05) is 6.61 Å². The molecule has 164 valence electrons. The third kappa shape index (κ3) is 3.75. The maximum absolute atomic E-state index is 14.0. The molecular weight excluding hydrogens is 374 g/mol. The van der Waals surface area contributed by atoms with Gasteiger partial charge in [0.25, 0.3) is 0 Å². The summed E-state index contributed by atoms with van der Waals surface area (Å²) in [5.74, 6) is -1.91. The molecule has 1 amide bonds. The monoisotopic (exact) mass is 409 g/mol. The number of ether oxygens (including phenoxy) is 1. The fourth-order valence-corrected chi connectivity index (χ4v) is 5.53. The van der Waals surface area contributed by atoms with Gasteiger partial charge in [0.15, 0.2) is 0 Å². The van der Waals surface area contributed by atoms with Crippen molar-refractivity contribution in [1.82, 2.24) is 0 Å². The third-order valence-electron chi connectivity index (χ3n) is 7.99. The van der Waals surface area contributed by atoms with Crippen LogP contribution in [0, 0.1) is 28.1 Å². The summed E-state index contributed by atoms with van der Waals surface area (Å²) < 4.78 is 5.60. The van der Waals surface area contributed by atoms with Crippen molar-refractivity contribution < 1.29 is 29.3 Å². The molecule has 2 aliphatic rings. The van der Waals surface area contributed by atoms with Gasteiger partial charge < -0.3 is 20.7 Å². The highest BCUT2D eigenvalue weighted by molar-refractivity contribution is 5.93. The summed E-state index contributed by atoms with van der Waals surface area (Å²) >= 11 is 0. The van der Waals surface area contributed by atoms with Gasteiger partial charge in [-0.15, -0.1) is 6.58 Å². The molecule has 0 aromatic heterocycles. The van der Waals surface area contributed by atoms with Crippen molar-refractivity contribution >= 4 is 17.7 Å². The number of primary amides is 1. The summed E-state index contributed by atoms with van der Waals surface area (Å²) in [5.41, 5.74) is 2.61.